The number of anilines is 6. The van der Waals surface area contributed by atoms with Gasteiger partial charge in [0, 0.05) is 53.4 Å². The molecule has 0 aliphatic rings. The van der Waals surface area contributed by atoms with Gasteiger partial charge in [-0.2, -0.15) is 0 Å². The van der Waals surface area contributed by atoms with E-state index in [2.05, 4.69) is 41.6 Å². The van der Waals surface area contributed by atoms with Crippen LogP contribution in [0.5, 0.6) is 0 Å². The van der Waals surface area contributed by atoms with Crippen LogP contribution in [0.2, 0.25) is 0 Å². The van der Waals surface area contributed by atoms with E-state index < -0.39 is 0 Å². The van der Waals surface area contributed by atoms with Gasteiger partial charge in [-0.05, 0) is 92.1 Å². The zero-order chi connectivity index (χ0) is 41.5. The molecular weight excluding hydrogens is 717 g/mol. The largest absolute Gasteiger partial charge is 0.326 e. The summed E-state index contributed by atoms with van der Waals surface area (Å²) in [7, 11) is 0. The molecule has 0 spiro atoms. The molecule has 0 saturated heterocycles. The Hall–Kier alpha value is -4.13. The average Bonchev–Trinajstić information content (AvgIpc) is 3.23. The Kier molecular flexibility index (Phi) is 25.7. The van der Waals surface area contributed by atoms with Crippen LogP contribution in [-0.2, 0) is 14.4 Å². The second kappa shape index (κ2) is 30.9. The van der Waals surface area contributed by atoms with Gasteiger partial charge < -0.3 is 20.9 Å². The molecule has 320 valence electrons. The first kappa shape index (κ1) is 48.2. The van der Waals surface area contributed by atoms with Crippen molar-refractivity contribution in [3.05, 3.63) is 72.8 Å². The first-order valence-corrected chi connectivity index (χ1v) is 23.4. The Bertz CT molecular complexity index is 1340. The standard InChI is InChI=1S/C51H78N4O3/c1-4-7-10-13-16-19-22-25-28-49(56)52-43-31-37-46(38-32-43)55(47-39-33-44(34-40-47)53-50(57)29-26-23-20-17-14-11-8-5-2)48-41-35-45(36-42-48)54-51(58)30-27-24-21-18-15-12-9-6-3/h31-42H,4-30H2,1-3H3,(H,52,56)(H,53,57)(H,54,58). The maximum absolute atomic E-state index is 12.7. The molecule has 3 rings (SSSR count). The van der Waals surface area contributed by atoms with Crippen molar-refractivity contribution < 1.29 is 14.4 Å². The third kappa shape index (κ3) is 21.0. The average molecular weight is 795 g/mol. The zero-order valence-corrected chi connectivity index (χ0v) is 36.7. The highest BCUT2D eigenvalue weighted by Gasteiger charge is 2.14. The third-order valence-electron chi connectivity index (χ3n) is 11.0. The quantitative estimate of drug-likeness (QED) is 0.0536. The van der Waals surface area contributed by atoms with E-state index in [4.69, 9.17) is 0 Å². The van der Waals surface area contributed by atoms with Crippen LogP contribution in [-0.4, -0.2) is 17.7 Å². The number of nitrogens with zero attached hydrogens (tertiary/aromatic N) is 1. The van der Waals surface area contributed by atoms with Gasteiger partial charge in [0.15, 0.2) is 0 Å². The van der Waals surface area contributed by atoms with Gasteiger partial charge in [-0.25, -0.2) is 0 Å². The van der Waals surface area contributed by atoms with E-state index in [0.717, 1.165) is 72.6 Å². The normalized spacial score (nSPS) is 11.0. The van der Waals surface area contributed by atoms with Crippen molar-refractivity contribution in [2.24, 2.45) is 0 Å². The maximum Gasteiger partial charge on any atom is 0.224 e. The Morgan fingerprint density at radius 2 is 0.534 bits per heavy atom. The van der Waals surface area contributed by atoms with Gasteiger partial charge >= 0.3 is 0 Å². The smallest absolute Gasteiger partial charge is 0.224 e. The van der Waals surface area contributed by atoms with Crippen molar-refractivity contribution >= 4 is 51.8 Å². The van der Waals surface area contributed by atoms with Gasteiger partial charge in [0.1, 0.15) is 0 Å². The number of rotatable bonds is 33. The predicted octanol–water partition coefficient (Wildman–Crippen LogP) is 15.6. The number of hydrogen-bond acceptors (Lipinski definition) is 4. The summed E-state index contributed by atoms with van der Waals surface area (Å²) in [4.78, 5) is 40.4. The number of unbranched alkanes of at least 4 members (excludes halogenated alkanes) is 21. The van der Waals surface area contributed by atoms with Crippen LogP contribution in [0.25, 0.3) is 0 Å². The highest BCUT2D eigenvalue weighted by Crippen LogP contribution is 2.36. The Morgan fingerprint density at radius 3 is 0.759 bits per heavy atom. The van der Waals surface area contributed by atoms with E-state index >= 15 is 0 Å². The van der Waals surface area contributed by atoms with Crippen LogP contribution in [0, 0.1) is 0 Å². The minimum Gasteiger partial charge on any atom is -0.326 e. The second-order valence-corrected chi connectivity index (χ2v) is 16.3. The molecule has 58 heavy (non-hydrogen) atoms. The van der Waals surface area contributed by atoms with Crippen molar-refractivity contribution in [2.75, 3.05) is 20.9 Å². The molecule has 3 aromatic carbocycles. The number of hydrogen-bond donors (Lipinski definition) is 3. The van der Waals surface area contributed by atoms with E-state index in [-0.39, 0.29) is 17.7 Å². The monoisotopic (exact) mass is 795 g/mol. The van der Waals surface area contributed by atoms with Crippen LogP contribution in [0.1, 0.15) is 194 Å². The first-order valence-electron chi connectivity index (χ1n) is 23.4. The molecule has 0 radical (unpaired) electrons. The fraction of sp³-hybridized carbons (Fsp3) is 0.588. The highest BCUT2D eigenvalue weighted by molar-refractivity contribution is 5.93. The van der Waals surface area contributed by atoms with Crippen molar-refractivity contribution in [2.45, 2.75) is 194 Å². The fourth-order valence-corrected chi connectivity index (χ4v) is 7.46. The van der Waals surface area contributed by atoms with E-state index in [0.29, 0.717) is 19.3 Å². The Balaban J connectivity index is 1.61. The van der Waals surface area contributed by atoms with Gasteiger partial charge in [0.2, 0.25) is 17.7 Å². The molecule has 0 unspecified atom stereocenters. The molecule has 0 atom stereocenters. The van der Waals surface area contributed by atoms with Gasteiger partial charge in [-0.1, -0.05) is 156 Å². The summed E-state index contributed by atoms with van der Waals surface area (Å²) in [6, 6.07) is 23.8. The molecule has 0 aliphatic heterocycles. The van der Waals surface area contributed by atoms with E-state index in [1.54, 1.807) is 0 Å². The summed E-state index contributed by atoms with van der Waals surface area (Å²) >= 11 is 0. The molecule has 3 aromatic rings. The van der Waals surface area contributed by atoms with E-state index in [1.807, 2.05) is 72.8 Å². The number of amides is 3. The number of benzene rings is 3. The SMILES string of the molecule is CCCCCCCCCCC(=O)Nc1ccc(N(c2ccc(NC(=O)CCCCCCCCCC)cc2)c2ccc(NC(=O)CCCCCCCCCC)cc2)cc1. The molecule has 0 bridgehead atoms. The lowest BCUT2D eigenvalue weighted by atomic mass is 10.1. The minimum atomic E-state index is 0.0516. The van der Waals surface area contributed by atoms with Gasteiger partial charge in [-0.15, -0.1) is 0 Å². The minimum absolute atomic E-state index is 0.0516. The molecule has 0 heterocycles. The van der Waals surface area contributed by atoms with Crippen LogP contribution >= 0.6 is 0 Å². The number of carbonyl (C=O) groups is 3. The summed E-state index contributed by atoms with van der Waals surface area (Å²) in [5.41, 5.74) is 5.12. The van der Waals surface area contributed by atoms with Gasteiger partial charge in [0.25, 0.3) is 0 Å². The Labute approximate surface area is 352 Å². The van der Waals surface area contributed by atoms with Crippen LogP contribution in [0.4, 0.5) is 34.1 Å². The number of nitrogens with one attached hydrogen (secondary N) is 3. The molecule has 7 heteroatoms. The van der Waals surface area contributed by atoms with Crippen molar-refractivity contribution in [1.29, 1.82) is 0 Å². The van der Waals surface area contributed by atoms with E-state index in [1.165, 1.54) is 116 Å². The summed E-state index contributed by atoms with van der Waals surface area (Å²) in [6.07, 6.45) is 30.6. The van der Waals surface area contributed by atoms with Crippen molar-refractivity contribution in [3.63, 3.8) is 0 Å². The molecule has 0 saturated carbocycles. The highest BCUT2D eigenvalue weighted by atomic mass is 16.2. The lowest BCUT2D eigenvalue weighted by molar-refractivity contribution is -0.117. The molecule has 3 N–H and O–H groups in total. The summed E-state index contributed by atoms with van der Waals surface area (Å²) < 4.78 is 0. The molecule has 3 amide bonds. The summed E-state index contributed by atoms with van der Waals surface area (Å²) in [5.74, 6) is 0.155. The Morgan fingerprint density at radius 1 is 0.328 bits per heavy atom. The second-order valence-electron chi connectivity index (χ2n) is 16.3. The third-order valence-corrected chi connectivity index (χ3v) is 11.0. The predicted molar refractivity (Wildman–Crippen MR) is 249 cm³/mol. The maximum atomic E-state index is 12.7. The van der Waals surface area contributed by atoms with Crippen LogP contribution in [0.15, 0.2) is 72.8 Å². The van der Waals surface area contributed by atoms with E-state index in [9.17, 15) is 14.4 Å². The molecule has 7 nitrogen and oxygen atoms in total. The lowest BCUT2D eigenvalue weighted by Gasteiger charge is -2.26. The van der Waals surface area contributed by atoms with Crippen LogP contribution < -0.4 is 20.9 Å². The first-order chi connectivity index (χ1) is 28.4. The van der Waals surface area contributed by atoms with Crippen molar-refractivity contribution in [1.82, 2.24) is 0 Å². The summed E-state index contributed by atoms with van der Waals surface area (Å²) in [5, 5.41) is 9.25. The summed E-state index contributed by atoms with van der Waals surface area (Å²) in [6.45, 7) is 6.72. The lowest BCUT2D eigenvalue weighted by Crippen LogP contribution is -2.14. The molecular formula is C51H78N4O3. The molecule has 0 fully saturated rings. The van der Waals surface area contributed by atoms with Crippen molar-refractivity contribution in [3.8, 4) is 0 Å². The zero-order valence-electron chi connectivity index (χ0n) is 36.7. The molecule has 0 aromatic heterocycles. The molecule has 0 aliphatic carbocycles. The van der Waals surface area contributed by atoms with Crippen LogP contribution in [0.3, 0.4) is 0 Å². The number of carbonyl (C=O) groups excluding carboxylic acids is 3. The fourth-order valence-electron chi connectivity index (χ4n) is 7.46. The van der Waals surface area contributed by atoms with Gasteiger partial charge in [-0.3, -0.25) is 14.4 Å². The topological polar surface area (TPSA) is 90.5 Å². The van der Waals surface area contributed by atoms with Gasteiger partial charge in [0.05, 0.1) is 0 Å².